The van der Waals surface area contributed by atoms with Crippen LogP contribution in [-0.2, 0) is 28.6 Å². The van der Waals surface area contributed by atoms with Crippen LogP contribution in [0.2, 0.25) is 0 Å². The lowest BCUT2D eigenvalue weighted by Crippen LogP contribution is -2.30. The van der Waals surface area contributed by atoms with E-state index in [2.05, 4.69) is 93.7 Å². The average molecular weight is 1150 g/mol. The van der Waals surface area contributed by atoms with Gasteiger partial charge >= 0.3 is 17.9 Å². The summed E-state index contributed by atoms with van der Waals surface area (Å²) in [6, 6.07) is 0. The van der Waals surface area contributed by atoms with Crippen molar-refractivity contribution in [2.24, 2.45) is 0 Å². The first-order valence-electron chi connectivity index (χ1n) is 35.9. The minimum atomic E-state index is -0.776. The summed E-state index contributed by atoms with van der Waals surface area (Å²) in [5.74, 6) is -0.854. The smallest absolute Gasteiger partial charge is 0.306 e. The summed E-state index contributed by atoms with van der Waals surface area (Å²) in [7, 11) is 0. The molecular weight excluding hydrogens is 1010 g/mol. The predicted molar refractivity (Wildman–Crippen MR) is 358 cm³/mol. The van der Waals surface area contributed by atoms with E-state index in [0.29, 0.717) is 19.3 Å². The molecule has 0 aromatic rings. The molecule has 0 saturated carbocycles. The van der Waals surface area contributed by atoms with E-state index in [1.54, 1.807) is 0 Å². The zero-order valence-electron chi connectivity index (χ0n) is 54.8. The Labute approximate surface area is 510 Å². The lowest BCUT2D eigenvalue weighted by atomic mass is 10.0. The third kappa shape index (κ3) is 67.6. The highest BCUT2D eigenvalue weighted by molar-refractivity contribution is 5.71. The average Bonchev–Trinajstić information content (AvgIpc) is 3.47. The molecule has 6 heteroatoms. The number of carbonyl (C=O) groups is 3. The lowest BCUT2D eigenvalue weighted by Gasteiger charge is -2.18. The molecule has 0 aromatic carbocycles. The number of ether oxygens (including phenoxy) is 3. The van der Waals surface area contributed by atoms with Gasteiger partial charge in [-0.25, -0.2) is 0 Å². The van der Waals surface area contributed by atoms with Crippen molar-refractivity contribution in [3.8, 4) is 0 Å². The van der Waals surface area contributed by atoms with E-state index < -0.39 is 6.10 Å². The van der Waals surface area contributed by atoms with E-state index in [-0.39, 0.29) is 31.1 Å². The monoisotopic (exact) mass is 1150 g/mol. The Hall–Kier alpha value is -3.15. The Morgan fingerprint density at radius 3 is 0.744 bits per heavy atom. The van der Waals surface area contributed by atoms with Crippen molar-refractivity contribution >= 4 is 17.9 Å². The van der Waals surface area contributed by atoms with Crippen molar-refractivity contribution < 1.29 is 28.6 Å². The molecule has 0 fully saturated rings. The molecule has 0 heterocycles. The maximum absolute atomic E-state index is 13.0. The van der Waals surface area contributed by atoms with Gasteiger partial charge in [0.1, 0.15) is 13.2 Å². The van der Waals surface area contributed by atoms with Crippen LogP contribution in [0.15, 0.2) is 72.9 Å². The maximum Gasteiger partial charge on any atom is 0.306 e. The molecule has 0 saturated heterocycles. The van der Waals surface area contributed by atoms with Gasteiger partial charge in [-0.3, -0.25) is 14.4 Å². The number of carbonyl (C=O) groups excluding carboxylic acids is 3. The molecule has 0 bridgehead atoms. The normalized spacial score (nSPS) is 12.5. The van der Waals surface area contributed by atoms with Crippen molar-refractivity contribution in [1.82, 2.24) is 0 Å². The number of hydrogen-bond acceptors (Lipinski definition) is 6. The molecule has 0 aliphatic carbocycles. The second-order valence-electron chi connectivity index (χ2n) is 24.1. The third-order valence-electron chi connectivity index (χ3n) is 15.9. The van der Waals surface area contributed by atoms with E-state index in [0.717, 1.165) is 89.9 Å². The Kier molecular flexibility index (Phi) is 67.6. The molecule has 82 heavy (non-hydrogen) atoms. The molecule has 0 rings (SSSR count). The molecule has 0 aliphatic heterocycles. The van der Waals surface area contributed by atoms with E-state index >= 15 is 0 Å². The fourth-order valence-electron chi connectivity index (χ4n) is 10.6. The number of rotatable bonds is 66. The topological polar surface area (TPSA) is 78.9 Å². The van der Waals surface area contributed by atoms with Crippen LogP contribution in [0.5, 0.6) is 0 Å². The van der Waals surface area contributed by atoms with Crippen LogP contribution in [0, 0.1) is 0 Å². The van der Waals surface area contributed by atoms with E-state index in [9.17, 15) is 14.4 Å². The van der Waals surface area contributed by atoms with Gasteiger partial charge in [-0.1, -0.05) is 338 Å². The molecule has 476 valence electrons. The predicted octanol–water partition coefficient (Wildman–Crippen LogP) is 24.8. The largest absolute Gasteiger partial charge is 0.462 e. The van der Waals surface area contributed by atoms with Crippen molar-refractivity contribution in [1.29, 1.82) is 0 Å². The zero-order valence-corrected chi connectivity index (χ0v) is 54.8. The third-order valence-corrected chi connectivity index (χ3v) is 15.9. The Balaban J connectivity index is 4.20. The van der Waals surface area contributed by atoms with Gasteiger partial charge in [0.05, 0.1) is 0 Å². The second-order valence-corrected chi connectivity index (χ2v) is 24.1. The van der Waals surface area contributed by atoms with Crippen LogP contribution in [0.4, 0.5) is 0 Å². The van der Waals surface area contributed by atoms with E-state index in [4.69, 9.17) is 14.2 Å². The van der Waals surface area contributed by atoms with Gasteiger partial charge in [0.25, 0.3) is 0 Å². The summed E-state index contributed by atoms with van der Waals surface area (Å²) in [6.07, 6.45) is 92.2. The second kappa shape index (κ2) is 70.3. The van der Waals surface area contributed by atoms with Crippen molar-refractivity contribution in [2.45, 2.75) is 380 Å². The first kappa shape index (κ1) is 78.8. The van der Waals surface area contributed by atoms with Crippen LogP contribution < -0.4 is 0 Å². The molecule has 1 atom stereocenters. The zero-order chi connectivity index (χ0) is 59.2. The van der Waals surface area contributed by atoms with Gasteiger partial charge in [0.15, 0.2) is 6.10 Å². The van der Waals surface area contributed by atoms with Gasteiger partial charge in [-0.15, -0.1) is 0 Å². The molecule has 6 nitrogen and oxygen atoms in total. The molecule has 0 amide bonds. The van der Waals surface area contributed by atoms with E-state index in [1.165, 1.54) is 244 Å². The molecule has 0 radical (unpaired) electrons. The summed E-state index contributed by atoms with van der Waals surface area (Å²) < 4.78 is 17.0. The minimum Gasteiger partial charge on any atom is -0.462 e. The highest BCUT2D eigenvalue weighted by Crippen LogP contribution is 2.18. The Morgan fingerprint density at radius 2 is 0.476 bits per heavy atom. The lowest BCUT2D eigenvalue weighted by molar-refractivity contribution is -0.167. The van der Waals surface area contributed by atoms with Crippen LogP contribution >= 0.6 is 0 Å². The fraction of sp³-hybridized carbons (Fsp3) is 0.803. The minimum absolute atomic E-state index is 0.0721. The summed E-state index contributed by atoms with van der Waals surface area (Å²) in [4.78, 5) is 38.4. The molecule has 0 aromatic heterocycles. The maximum atomic E-state index is 13.0. The molecule has 0 spiro atoms. The number of hydrogen-bond donors (Lipinski definition) is 0. The Bertz CT molecular complexity index is 1500. The summed E-state index contributed by atoms with van der Waals surface area (Å²) in [5.41, 5.74) is 0. The van der Waals surface area contributed by atoms with Crippen molar-refractivity contribution in [3.05, 3.63) is 72.9 Å². The Morgan fingerprint density at radius 1 is 0.256 bits per heavy atom. The SMILES string of the molecule is CC/C=C\C/C=C\C/C=C\C/C=C\CCCCCCCCCCCCC(=O)OC(COC(=O)CCCCCCCCCCCCCC)COC(=O)CCCCCCCCCCCCCCCCCCC/C=C\C/C=C\CCCCCCC. The molecule has 1 unspecified atom stereocenters. The van der Waals surface area contributed by atoms with Gasteiger partial charge in [-0.2, -0.15) is 0 Å². The summed E-state index contributed by atoms with van der Waals surface area (Å²) in [5, 5.41) is 0. The van der Waals surface area contributed by atoms with Crippen LogP contribution in [-0.4, -0.2) is 37.2 Å². The van der Waals surface area contributed by atoms with Crippen molar-refractivity contribution in [3.63, 3.8) is 0 Å². The van der Waals surface area contributed by atoms with Gasteiger partial charge in [-0.05, 0) is 89.9 Å². The quantitative estimate of drug-likeness (QED) is 0.0261. The number of esters is 3. The van der Waals surface area contributed by atoms with Gasteiger partial charge < -0.3 is 14.2 Å². The van der Waals surface area contributed by atoms with Crippen LogP contribution in [0.1, 0.15) is 374 Å². The highest BCUT2D eigenvalue weighted by Gasteiger charge is 2.19. The summed E-state index contributed by atoms with van der Waals surface area (Å²) >= 11 is 0. The van der Waals surface area contributed by atoms with E-state index in [1.807, 2.05) is 0 Å². The molecular formula is C76H136O6. The standard InChI is InChI=1S/C76H136O6/c1-4-7-10-13-16-19-22-25-27-29-31-33-35-36-37-38-39-40-42-43-45-47-49-51-54-57-60-63-66-69-75(78)81-72-73(71-80-74(77)68-65-62-59-56-53-24-21-18-15-12-9-6-3)82-76(79)70-67-64-61-58-55-52-50-48-46-44-41-34-32-30-28-26-23-20-17-14-11-8-5-2/h8,11,17,20,22,25-26,28-29,31-32,34,73H,4-7,9-10,12-16,18-19,21,23-24,27,30,33,35-72H2,1-3H3/b11-8-,20-17-,25-22-,28-26-,31-29-,34-32-. The molecule has 0 N–H and O–H groups in total. The fourth-order valence-corrected chi connectivity index (χ4v) is 10.6. The highest BCUT2D eigenvalue weighted by atomic mass is 16.6. The van der Waals surface area contributed by atoms with Gasteiger partial charge in [0.2, 0.25) is 0 Å². The molecule has 0 aliphatic rings. The number of allylic oxidation sites excluding steroid dienone is 12. The van der Waals surface area contributed by atoms with Crippen LogP contribution in [0.3, 0.4) is 0 Å². The van der Waals surface area contributed by atoms with Crippen molar-refractivity contribution in [2.75, 3.05) is 13.2 Å². The van der Waals surface area contributed by atoms with Gasteiger partial charge in [0, 0.05) is 19.3 Å². The first-order chi connectivity index (χ1) is 40.5. The number of unbranched alkanes of at least 4 members (excludes halogenated alkanes) is 43. The summed E-state index contributed by atoms with van der Waals surface area (Å²) in [6.45, 7) is 6.57. The first-order valence-corrected chi connectivity index (χ1v) is 35.9. The van der Waals surface area contributed by atoms with Crippen LogP contribution in [0.25, 0.3) is 0 Å².